The van der Waals surface area contributed by atoms with Crippen molar-refractivity contribution in [3.63, 3.8) is 0 Å². The molecule has 0 aliphatic rings. The van der Waals surface area contributed by atoms with Gasteiger partial charge in [-0.1, -0.05) is 30.4 Å². The lowest BCUT2D eigenvalue weighted by Gasteiger charge is -2.27. The van der Waals surface area contributed by atoms with Crippen LogP contribution in [0.4, 0.5) is 4.79 Å². The number of allylic oxidation sites excluding steroid dienone is 1. The summed E-state index contributed by atoms with van der Waals surface area (Å²) in [4.78, 5) is 12.2. The molecule has 0 aliphatic heterocycles. The Morgan fingerprint density at radius 1 is 1.26 bits per heavy atom. The van der Waals surface area contributed by atoms with E-state index in [1.54, 1.807) is 13.3 Å². The van der Waals surface area contributed by atoms with E-state index in [0.717, 1.165) is 32.5 Å². The average molecular weight is 430 g/mol. The zero-order chi connectivity index (χ0) is 20.0. The lowest BCUT2D eigenvalue weighted by Crippen LogP contribution is -2.45. The van der Waals surface area contributed by atoms with Crippen LogP contribution in [0.1, 0.15) is 37.5 Å². The Hall–Kier alpha value is -2.60. The van der Waals surface area contributed by atoms with E-state index in [4.69, 9.17) is 4.74 Å². The van der Waals surface area contributed by atoms with E-state index in [2.05, 4.69) is 38.4 Å². The number of nitrogens with one attached hydrogen (secondary N) is 2. The molecule has 0 spiro atoms. The topological polar surface area (TPSA) is 62.7 Å². The summed E-state index contributed by atoms with van der Waals surface area (Å²) in [6, 6.07) is 13.1. The molecule has 0 aromatic heterocycles. The number of carbonyl (C=O) groups is 1. The monoisotopic (exact) mass is 429 g/mol. The number of rotatable bonds is 6. The van der Waals surface area contributed by atoms with Gasteiger partial charge in [-0.25, -0.2) is 10.2 Å². The first kappa shape index (κ1) is 20.7. The third-order valence-corrected chi connectivity index (χ3v) is 4.68. The van der Waals surface area contributed by atoms with Gasteiger partial charge in [0.15, 0.2) is 0 Å². The Labute approximate surface area is 168 Å². The highest BCUT2D eigenvalue weighted by Gasteiger charge is 2.23. The van der Waals surface area contributed by atoms with Crippen molar-refractivity contribution in [2.24, 2.45) is 5.10 Å². The molecule has 0 saturated heterocycles. The maximum Gasteiger partial charge on any atom is 0.335 e. The quantitative estimate of drug-likeness (QED) is 0.497. The molecule has 0 atom stereocenters. The zero-order valence-corrected chi connectivity index (χ0v) is 17.6. The van der Waals surface area contributed by atoms with Crippen LogP contribution in [0.5, 0.6) is 5.75 Å². The molecule has 0 fully saturated rings. The van der Waals surface area contributed by atoms with E-state index in [0.29, 0.717) is 0 Å². The number of methoxy groups -OCH3 is 1. The molecule has 2 N–H and O–H groups in total. The summed E-state index contributed by atoms with van der Waals surface area (Å²) in [5.41, 5.74) is 5.78. The molecule has 0 bridgehead atoms. The number of benzene rings is 2. The summed E-state index contributed by atoms with van der Waals surface area (Å²) in [7, 11) is 1.60. The van der Waals surface area contributed by atoms with Gasteiger partial charge in [-0.05, 0) is 77.7 Å². The molecule has 5 nitrogen and oxygen atoms in total. The summed E-state index contributed by atoms with van der Waals surface area (Å²) in [6.45, 7) is 9.80. The number of hydrazone groups is 1. The lowest BCUT2D eigenvalue weighted by atomic mass is 9.92. The second kappa shape index (κ2) is 8.86. The van der Waals surface area contributed by atoms with E-state index in [9.17, 15) is 4.79 Å². The van der Waals surface area contributed by atoms with E-state index in [1.807, 2.05) is 63.2 Å². The highest BCUT2D eigenvalue weighted by Crippen LogP contribution is 2.25. The first-order valence-electron chi connectivity index (χ1n) is 8.44. The van der Waals surface area contributed by atoms with Gasteiger partial charge in [-0.15, -0.1) is 0 Å². The van der Waals surface area contributed by atoms with Gasteiger partial charge in [-0.2, -0.15) is 5.10 Å². The predicted octanol–water partition coefficient (Wildman–Crippen LogP) is 5.06. The Morgan fingerprint density at radius 3 is 2.63 bits per heavy atom. The Kier molecular flexibility index (Phi) is 6.80. The molecule has 0 radical (unpaired) electrons. The molecule has 2 rings (SSSR count). The SMILES string of the molecule is C=C(C)c1cccc(C(C)(C)NC(=O)NN=Cc2ccc(OC)c(Br)c2)c1. The molecule has 2 aromatic carbocycles. The fraction of sp³-hybridized carbons (Fsp3) is 0.238. The van der Waals surface area contributed by atoms with Gasteiger partial charge in [0.2, 0.25) is 0 Å². The summed E-state index contributed by atoms with van der Waals surface area (Å²) in [5, 5.41) is 6.93. The van der Waals surface area contributed by atoms with Crippen LogP contribution in [0.3, 0.4) is 0 Å². The van der Waals surface area contributed by atoms with Crippen LogP contribution >= 0.6 is 15.9 Å². The number of amides is 2. The van der Waals surface area contributed by atoms with Crippen molar-refractivity contribution in [3.8, 4) is 5.75 Å². The van der Waals surface area contributed by atoms with Crippen molar-refractivity contribution < 1.29 is 9.53 Å². The maximum absolute atomic E-state index is 12.2. The molecular formula is C21H24BrN3O2. The third-order valence-electron chi connectivity index (χ3n) is 4.06. The summed E-state index contributed by atoms with van der Waals surface area (Å²) >= 11 is 3.42. The standard InChI is InChI=1S/C21H24BrN3O2/c1-14(2)16-7-6-8-17(12-16)21(3,4)24-20(26)25-23-13-15-9-10-19(27-5)18(22)11-15/h6-13H,1H2,2-5H3,(H2,24,25,26). The second-order valence-corrected chi connectivity index (χ2v) is 7.56. The molecule has 142 valence electrons. The molecule has 0 aliphatic carbocycles. The first-order valence-corrected chi connectivity index (χ1v) is 9.23. The fourth-order valence-corrected chi connectivity index (χ4v) is 3.04. The lowest BCUT2D eigenvalue weighted by molar-refractivity contribution is 0.230. The molecule has 27 heavy (non-hydrogen) atoms. The van der Waals surface area contributed by atoms with Crippen LogP contribution in [0.2, 0.25) is 0 Å². The van der Waals surface area contributed by atoms with Gasteiger partial charge in [0.05, 0.1) is 23.3 Å². The minimum absolute atomic E-state index is 0.385. The highest BCUT2D eigenvalue weighted by molar-refractivity contribution is 9.10. The second-order valence-electron chi connectivity index (χ2n) is 6.70. The van der Waals surface area contributed by atoms with Gasteiger partial charge in [-0.3, -0.25) is 0 Å². The van der Waals surface area contributed by atoms with Gasteiger partial charge in [0.25, 0.3) is 0 Å². The number of halogens is 1. The van der Waals surface area contributed by atoms with Crippen LogP contribution in [-0.2, 0) is 5.54 Å². The van der Waals surface area contributed by atoms with E-state index < -0.39 is 5.54 Å². The number of hydrogen-bond donors (Lipinski definition) is 2. The Morgan fingerprint density at radius 2 is 2.00 bits per heavy atom. The molecule has 6 heteroatoms. The summed E-state index contributed by atoms with van der Waals surface area (Å²) < 4.78 is 6.00. The van der Waals surface area contributed by atoms with Gasteiger partial charge in [0.1, 0.15) is 5.75 Å². The van der Waals surface area contributed by atoms with Gasteiger partial charge >= 0.3 is 6.03 Å². The molecule has 0 heterocycles. The fourth-order valence-electron chi connectivity index (χ4n) is 2.49. The number of carbonyl (C=O) groups excluding carboxylic acids is 1. The van der Waals surface area contributed by atoms with Gasteiger partial charge < -0.3 is 10.1 Å². The number of hydrogen-bond acceptors (Lipinski definition) is 3. The number of ether oxygens (including phenoxy) is 1. The van der Waals surface area contributed by atoms with Gasteiger partial charge in [0, 0.05) is 0 Å². The van der Waals surface area contributed by atoms with E-state index in [1.165, 1.54) is 0 Å². The molecule has 0 saturated carbocycles. The number of urea groups is 1. The van der Waals surface area contributed by atoms with Crippen molar-refractivity contribution >= 4 is 33.7 Å². The number of nitrogens with zero attached hydrogens (tertiary/aromatic N) is 1. The minimum Gasteiger partial charge on any atom is -0.496 e. The zero-order valence-electron chi connectivity index (χ0n) is 16.0. The third kappa shape index (κ3) is 5.69. The van der Waals surface area contributed by atoms with Crippen LogP contribution < -0.4 is 15.5 Å². The molecule has 2 aromatic rings. The van der Waals surface area contributed by atoms with Crippen LogP contribution in [-0.4, -0.2) is 19.4 Å². The highest BCUT2D eigenvalue weighted by atomic mass is 79.9. The maximum atomic E-state index is 12.2. The van der Waals surface area contributed by atoms with Crippen molar-refractivity contribution in [1.82, 2.24) is 10.7 Å². The largest absolute Gasteiger partial charge is 0.496 e. The normalized spacial score (nSPS) is 11.3. The van der Waals surface area contributed by atoms with Crippen molar-refractivity contribution in [3.05, 3.63) is 70.2 Å². The molecule has 0 unspecified atom stereocenters. The molecule has 2 amide bonds. The molecular weight excluding hydrogens is 406 g/mol. The van der Waals surface area contributed by atoms with Crippen LogP contribution in [0.15, 0.2) is 58.6 Å². The van der Waals surface area contributed by atoms with Crippen molar-refractivity contribution in [2.45, 2.75) is 26.3 Å². The first-order chi connectivity index (χ1) is 12.7. The minimum atomic E-state index is -0.561. The van der Waals surface area contributed by atoms with Crippen molar-refractivity contribution in [2.75, 3.05) is 7.11 Å². The van der Waals surface area contributed by atoms with E-state index >= 15 is 0 Å². The van der Waals surface area contributed by atoms with Crippen LogP contribution in [0.25, 0.3) is 5.57 Å². The van der Waals surface area contributed by atoms with Crippen LogP contribution in [0, 0.1) is 0 Å². The Bertz CT molecular complexity index is 875. The Balaban J connectivity index is 2.01. The van der Waals surface area contributed by atoms with Crippen molar-refractivity contribution in [1.29, 1.82) is 0 Å². The average Bonchev–Trinajstić information content (AvgIpc) is 2.61. The predicted molar refractivity (Wildman–Crippen MR) is 114 cm³/mol. The summed E-state index contributed by atoms with van der Waals surface area (Å²) in [6.07, 6.45) is 1.57. The summed E-state index contributed by atoms with van der Waals surface area (Å²) in [5.74, 6) is 0.733. The smallest absolute Gasteiger partial charge is 0.335 e. The van der Waals surface area contributed by atoms with E-state index in [-0.39, 0.29) is 6.03 Å².